The highest BCUT2D eigenvalue weighted by Gasteiger charge is 2.48. The smallest absolute Gasteiger partial charge is 0.418 e. The van der Waals surface area contributed by atoms with Gasteiger partial charge in [0.25, 0.3) is 0 Å². The SMILES string of the molecule is C1=CCC(=CNc2ccccc2)C([NH+]2c3ccccc3C3(CCCC3)c3ccccc32)=C1.F[B-](F)(F)F. The van der Waals surface area contributed by atoms with Crippen LogP contribution in [0, 0.1) is 0 Å². The minimum atomic E-state index is -6.00. The number of anilines is 1. The lowest BCUT2D eigenvalue weighted by molar-refractivity contribution is -0.714. The zero-order chi connectivity index (χ0) is 25.9. The molecule has 37 heavy (non-hydrogen) atoms. The van der Waals surface area contributed by atoms with E-state index in [-0.39, 0.29) is 5.41 Å². The van der Waals surface area contributed by atoms with Gasteiger partial charge in [0.05, 0.1) is 0 Å². The van der Waals surface area contributed by atoms with Crippen molar-refractivity contribution in [3.05, 3.63) is 126 Å². The second kappa shape index (κ2) is 10.4. The molecule has 0 bridgehead atoms. The summed E-state index contributed by atoms with van der Waals surface area (Å²) in [6.07, 6.45) is 15.0. The summed E-state index contributed by atoms with van der Waals surface area (Å²) < 4.78 is 39.0. The molecular formula is C30H29BF4N2. The first-order valence-electron chi connectivity index (χ1n) is 12.7. The summed E-state index contributed by atoms with van der Waals surface area (Å²) in [5, 5.41) is 3.53. The van der Waals surface area contributed by atoms with Gasteiger partial charge in [0.2, 0.25) is 0 Å². The molecule has 0 radical (unpaired) electrons. The van der Waals surface area contributed by atoms with Gasteiger partial charge in [0.1, 0.15) is 17.1 Å². The van der Waals surface area contributed by atoms with Crippen molar-refractivity contribution in [3.8, 4) is 0 Å². The normalized spacial score (nSPS) is 19.0. The number of hydrogen-bond donors (Lipinski definition) is 2. The van der Waals surface area contributed by atoms with Crippen LogP contribution in [0.5, 0.6) is 0 Å². The van der Waals surface area contributed by atoms with Gasteiger partial charge in [0.15, 0.2) is 0 Å². The van der Waals surface area contributed by atoms with Gasteiger partial charge in [-0.05, 0) is 37.5 Å². The van der Waals surface area contributed by atoms with Crippen molar-refractivity contribution < 1.29 is 22.2 Å². The van der Waals surface area contributed by atoms with Crippen molar-refractivity contribution in [3.63, 3.8) is 0 Å². The summed E-state index contributed by atoms with van der Waals surface area (Å²) in [5.74, 6) is 0. The minimum Gasteiger partial charge on any atom is -0.418 e. The molecule has 2 nitrogen and oxygen atoms in total. The molecule has 1 spiro atoms. The molecule has 1 saturated carbocycles. The second-order valence-electron chi connectivity index (χ2n) is 9.64. The van der Waals surface area contributed by atoms with Gasteiger partial charge in [-0.15, -0.1) is 0 Å². The van der Waals surface area contributed by atoms with E-state index in [0.29, 0.717) is 0 Å². The molecule has 3 aromatic rings. The lowest BCUT2D eigenvalue weighted by atomic mass is 9.69. The Bertz CT molecular complexity index is 1280. The second-order valence-corrected chi connectivity index (χ2v) is 9.64. The van der Waals surface area contributed by atoms with E-state index in [2.05, 4.69) is 109 Å². The summed E-state index contributed by atoms with van der Waals surface area (Å²) in [6.45, 7) is 0. The van der Waals surface area contributed by atoms with Crippen molar-refractivity contribution in [2.75, 3.05) is 5.32 Å². The summed E-state index contributed by atoms with van der Waals surface area (Å²) in [6, 6.07) is 28.8. The van der Waals surface area contributed by atoms with Gasteiger partial charge in [-0.25, -0.2) is 4.90 Å². The Kier molecular flexibility index (Phi) is 7.07. The van der Waals surface area contributed by atoms with E-state index in [9.17, 15) is 17.3 Å². The van der Waals surface area contributed by atoms with Crippen LogP contribution < -0.4 is 10.2 Å². The minimum absolute atomic E-state index is 0.175. The van der Waals surface area contributed by atoms with Gasteiger partial charge in [0, 0.05) is 46.1 Å². The number of para-hydroxylation sites is 3. The molecule has 0 unspecified atom stereocenters. The topological polar surface area (TPSA) is 16.5 Å². The van der Waals surface area contributed by atoms with E-state index in [1.54, 1.807) is 0 Å². The molecule has 1 fully saturated rings. The summed E-state index contributed by atoms with van der Waals surface area (Å²) in [5.41, 5.74) is 9.85. The maximum atomic E-state index is 9.75. The van der Waals surface area contributed by atoms with Gasteiger partial charge in [-0.2, -0.15) is 0 Å². The van der Waals surface area contributed by atoms with Crippen molar-refractivity contribution in [1.29, 1.82) is 0 Å². The molecule has 0 aromatic heterocycles. The molecule has 3 aromatic carbocycles. The Hall–Kier alpha value is -3.58. The molecule has 0 amide bonds. The maximum Gasteiger partial charge on any atom is 0.673 e. The van der Waals surface area contributed by atoms with Crippen LogP contribution in [0.3, 0.4) is 0 Å². The number of rotatable bonds is 3. The number of halogens is 4. The highest BCUT2D eigenvalue weighted by atomic mass is 19.5. The van der Waals surface area contributed by atoms with Crippen LogP contribution in [0.15, 0.2) is 115 Å². The first kappa shape index (κ1) is 25.1. The Labute approximate surface area is 215 Å². The van der Waals surface area contributed by atoms with Crippen LogP contribution in [-0.4, -0.2) is 7.25 Å². The highest BCUT2D eigenvalue weighted by Crippen LogP contribution is 2.52. The zero-order valence-electron chi connectivity index (χ0n) is 20.4. The number of nitrogens with one attached hydrogen (secondary N) is 2. The van der Waals surface area contributed by atoms with Crippen LogP contribution in [0.1, 0.15) is 43.2 Å². The summed E-state index contributed by atoms with van der Waals surface area (Å²) in [7, 11) is -6.00. The third-order valence-electron chi connectivity index (χ3n) is 7.42. The van der Waals surface area contributed by atoms with Crippen LogP contribution >= 0.6 is 0 Å². The first-order valence-corrected chi connectivity index (χ1v) is 12.7. The highest BCUT2D eigenvalue weighted by molar-refractivity contribution is 6.50. The molecule has 2 aliphatic carbocycles. The number of allylic oxidation sites excluding steroid dienone is 4. The van der Waals surface area contributed by atoms with E-state index in [1.807, 2.05) is 0 Å². The third kappa shape index (κ3) is 5.28. The maximum absolute atomic E-state index is 9.75. The van der Waals surface area contributed by atoms with Gasteiger partial charge in [-0.1, -0.05) is 79.6 Å². The largest absolute Gasteiger partial charge is 0.673 e. The molecule has 0 saturated heterocycles. The predicted octanol–water partition coefficient (Wildman–Crippen LogP) is 7.85. The lowest BCUT2D eigenvalue weighted by Crippen LogP contribution is -3.02. The zero-order valence-corrected chi connectivity index (χ0v) is 20.4. The number of hydrogen-bond acceptors (Lipinski definition) is 1. The lowest BCUT2D eigenvalue weighted by Gasteiger charge is -2.40. The van der Waals surface area contributed by atoms with E-state index in [0.717, 1.165) is 12.1 Å². The molecular weight excluding hydrogens is 475 g/mol. The van der Waals surface area contributed by atoms with Gasteiger partial charge >= 0.3 is 7.25 Å². The quantitative estimate of drug-likeness (QED) is 0.274. The Morgan fingerprint density at radius 2 is 1.30 bits per heavy atom. The average molecular weight is 504 g/mol. The fourth-order valence-electron chi connectivity index (χ4n) is 6.00. The van der Waals surface area contributed by atoms with Crippen molar-refractivity contribution in [2.24, 2.45) is 0 Å². The van der Waals surface area contributed by atoms with E-state index in [4.69, 9.17) is 0 Å². The summed E-state index contributed by atoms with van der Waals surface area (Å²) in [4.78, 5) is 1.39. The molecule has 1 heterocycles. The molecule has 6 rings (SSSR count). The molecule has 2 N–H and O–H groups in total. The average Bonchev–Trinajstić information content (AvgIpc) is 3.39. The van der Waals surface area contributed by atoms with E-state index >= 15 is 0 Å². The third-order valence-corrected chi connectivity index (χ3v) is 7.42. The standard InChI is InChI=1S/C30H28N2.BF4/c1-2-13-24(14-3-1)31-22-23-12-4-7-17-27(23)32-28-18-8-5-15-25(28)30(20-10-11-21-30)26-16-6-9-19-29(26)32;2-1(3,4)5/h1-9,13-19,22,31H,10-12,20-21H2;/q;-1/p+1. The predicted molar refractivity (Wildman–Crippen MR) is 143 cm³/mol. The fraction of sp³-hybridized carbons (Fsp3) is 0.200. The van der Waals surface area contributed by atoms with Crippen LogP contribution in [0.4, 0.5) is 34.3 Å². The Morgan fingerprint density at radius 1 is 0.757 bits per heavy atom. The van der Waals surface area contributed by atoms with Crippen LogP contribution in [0.2, 0.25) is 0 Å². The monoisotopic (exact) mass is 504 g/mol. The first-order chi connectivity index (χ1) is 17.9. The van der Waals surface area contributed by atoms with Crippen LogP contribution in [0.25, 0.3) is 0 Å². The van der Waals surface area contributed by atoms with Gasteiger partial charge in [-0.3, -0.25) is 0 Å². The fourth-order valence-corrected chi connectivity index (χ4v) is 6.00. The summed E-state index contributed by atoms with van der Waals surface area (Å²) >= 11 is 0. The number of benzene rings is 3. The number of quaternary nitrogens is 1. The van der Waals surface area contributed by atoms with Crippen molar-refractivity contribution in [1.82, 2.24) is 0 Å². The van der Waals surface area contributed by atoms with E-state index < -0.39 is 7.25 Å². The Morgan fingerprint density at radius 3 is 1.89 bits per heavy atom. The molecule has 7 heteroatoms. The van der Waals surface area contributed by atoms with Crippen molar-refractivity contribution >= 4 is 24.3 Å². The number of fused-ring (bicyclic) bond motifs is 4. The molecule has 1 aliphatic heterocycles. The van der Waals surface area contributed by atoms with Crippen LogP contribution in [-0.2, 0) is 5.41 Å². The van der Waals surface area contributed by atoms with E-state index in [1.165, 1.54) is 64.4 Å². The van der Waals surface area contributed by atoms with Crippen molar-refractivity contribution in [2.45, 2.75) is 37.5 Å². The molecule has 3 aliphatic rings. The molecule has 0 atom stereocenters. The van der Waals surface area contributed by atoms with Gasteiger partial charge < -0.3 is 22.6 Å². The molecule has 190 valence electrons. The Balaban J connectivity index is 0.000000514.